The summed E-state index contributed by atoms with van der Waals surface area (Å²) in [5.41, 5.74) is 2.56. The van der Waals surface area contributed by atoms with E-state index in [2.05, 4.69) is 20.9 Å². The molecule has 0 aliphatic heterocycles. The van der Waals surface area contributed by atoms with E-state index in [0.29, 0.717) is 5.56 Å². The van der Waals surface area contributed by atoms with Crippen LogP contribution in [0.15, 0.2) is 22.8 Å². The van der Waals surface area contributed by atoms with Crippen LogP contribution in [0.25, 0.3) is 10.9 Å². The van der Waals surface area contributed by atoms with Crippen molar-refractivity contribution in [3.05, 3.63) is 33.9 Å². The average molecular weight is 268 g/mol. The van der Waals surface area contributed by atoms with E-state index in [1.165, 1.54) is 7.11 Å². The number of H-pyrrole nitrogens is 1. The van der Waals surface area contributed by atoms with E-state index in [0.717, 1.165) is 20.9 Å². The topological polar surface area (TPSA) is 42.1 Å². The summed E-state index contributed by atoms with van der Waals surface area (Å²) in [4.78, 5) is 14.7. The lowest BCUT2D eigenvalue weighted by Crippen LogP contribution is -2.02. The molecule has 1 heterocycles. The van der Waals surface area contributed by atoms with Gasteiger partial charge < -0.3 is 9.72 Å². The summed E-state index contributed by atoms with van der Waals surface area (Å²) >= 11 is 3.36. The van der Waals surface area contributed by atoms with Gasteiger partial charge in [0.15, 0.2) is 0 Å². The van der Waals surface area contributed by atoms with Gasteiger partial charge in [0.1, 0.15) is 0 Å². The Balaban J connectivity index is 2.80. The minimum Gasteiger partial charge on any atom is -0.465 e. The Morgan fingerprint density at radius 1 is 1.47 bits per heavy atom. The predicted molar refractivity (Wildman–Crippen MR) is 62.1 cm³/mol. The van der Waals surface area contributed by atoms with E-state index >= 15 is 0 Å². The average Bonchev–Trinajstić information content (AvgIpc) is 2.58. The van der Waals surface area contributed by atoms with Gasteiger partial charge in [-0.2, -0.15) is 0 Å². The van der Waals surface area contributed by atoms with E-state index in [9.17, 15) is 4.79 Å². The Morgan fingerprint density at radius 2 is 2.20 bits per heavy atom. The molecule has 1 N–H and O–H groups in total. The molecule has 0 fully saturated rings. The maximum atomic E-state index is 11.6. The van der Waals surface area contributed by atoms with E-state index in [-0.39, 0.29) is 5.97 Å². The van der Waals surface area contributed by atoms with Crippen LogP contribution < -0.4 is 0 Å². The highest BCUT2D eigenvalue weighted by Gasteiger charge is 2.14. The second-order valence-corrected chi connectivity index (χ2v) is 4.25. The van der Waals surface area contributed by atoms with Gasteiger partial charge in [0, 0.05) is 21.6 Å². The van der Waals surface area contributed by atoms with Gasteiger partial charge in [0.25, 0.3) is 0 Å². The zero-order valence-corrected chi connectivity index (χ0v) is 10.0. The number of fused-ring (bicyclic) bond motifs is 1. The molecule has 3 nitrogen and oxygen atoms in total. The third kappa shape index (κ3) is 1.65. The molecule has 2 rings (SSSR count). The second-order valence-electron chi connectivity index (χ2n) is 3.34. The molecule has 0 saturated carbocycles. The normalized spacial score (nSPS) is 10.6. The van der Waals surface area contributed by atoms with Crippen LogP contribution in [0.1, 0.15) is 15.9 Å². The number of halogens is 1. The predicted octanol–water partition coefficient (Wildman–Crippen LogP) is 3.03. The van der Waals surface area contributed by atoms with Crippen molar-refractivity contribution in [2.75, 3.05) is 7.11 Å². The smallest absolute Gasteiger partial charge is 0.338 e. The number of nitrogens with one attached hydrogen (secondary N) is 1. The Labute approximate surface area is 95.6 Å². The molecule has 78 valence electrons. The second kappa shape index (κ2) is 3.70. The maximum absolute atomic E-state index is 11.6. The minimum absolute atomic E-state index is 0.316. The van der Waals surface area contributed by atoms with E-state index in [1.807, 2.05) is 19.2 Å². The van der Waals surface area contributed by atoms with Gasteiger partial charge in [-0.25, -0.2) is 4.79 Å². The Morgan fingerprint density at radius 3 is 2.87 bits per heavy atom. The summed E-state index contributed by atoms with van der Waals surface area (Å²) in [5, 5.41) is 0.921. The number of aromatic nitrogens is 1. The molecule has 0 aliphatic carbocycles. The first kappa shape index (κ1) is 10.2. The zero-order valence-electron chi connectivity index (χ0n) is 8.43. The van der Waals surface area contributed by atoms with Crippen molar-refractivity contribution in [3.63, 3.8) is 0 Å². The first-order chi connectivity index (χ1) is 7.13. The minimum atomic E-state index is -0.316. The SMILES string of the molecule is COC(=O)c1cc(Br)cc2[nH]cc(C)c12. The molecular formula is C11H10BrNO2. The standard InChI is InChI=1S/C11H10BrNO2/c1-6-5-13-9-4-7(12)3-8(10(6)9)11(14)15-2/h3-5,13H,1-2H3. The lowest BCUT2D eigenvalue weighted by Gasteiger charge is -2.03. The number of aryl methyl sites for hydroxylation is 1. The maximum Gasteiger partial charge on any atom is 0.338 e. The van der Waals surface area contributed by atoms with Crippen LogP contribution in [-0.4, -0.2) is 18.1 Å². The monoisotopic (exact) mass is 267 g/mol. The number of esters is 1. The number of hydrogen-bond acceptors (Lipinski definition) is 2. The van der Waals surface area contributed by atoms with Gasteiger partial charge in [-0.1, -0.05) is 15.9 Å². The van der Waals surface area contributed by atoms with Crippen LogP contribution in [0, 0.1) is 6.92 Å². The third-order valence-electron chi connectivity index (χ3n) is 2.35. The summed E-state index contributed by atoms with van der Waals surface area (Å²) in [6.07, 6.45) is 1.88. The largest absolute Gasteiger partial charge is 0.465 e. The highest BCUT2D eigenvalue weighted by Crippen LogP contribution is 2.26. The highest BCUT2D eigenvalue weighted by molar-refractivity contribution is 9.10. The molecule has 2 aromatic rings. The molecular weight excluding hydrogens is 258 g/mol. The van der Waals surface area contributed by atoms with Crippen LogP contribution in [-0.2, 0) is 4.74 Å². The Bertz CT molecular complexity index is 531. The van der Waals surface area contributed by atoms with Crippen LogP contribution in [0.2, 0.25) is 0 Å². The number of hydrogen-bond donors (Lipinski definition) is 1. The summed E-state index contributed by atoms with van der Waals surface area (Å²) in [5.74, 6) is -0.316. The molecule has 0 spiro atoms. The Kier molecular flexibility index (Phi) is 2.52. The van der Waals surface area contributed by atoms with Crippen molar-refractivity contribution >= 4 is 32.8 Å². The van der Waals surface area contributed by atoms with Crippen molar-refractivity contribution in [3.8, 4) is 0 Å². The van der Waals surface area contributed by atoms with E-state index < -0.39 is 0 Å². The van der Waals surface area contributed by atoms with Crippen molar-refractivity contribution < 1.29 is 9.53 Å². The fourth-order valence-corrected chi connectivity index (χ4v) is 2.13. The molecule has 0 saturated heterocycles. The number of ether oxygens (including phenoxy) is 1. The summed E-state index contributed by atoms with van der Waals surface area (Å²) < 4.78 is 5.61. The molecule has 0 bridgehead atoms. The summed E-state index contributed by atoms with van der Waals surface area (Å²) in [6, 6.07) is 3.71. The Hall–Kier alpha value is -1.29. The summed E-state index contributed by atoms with van der Waals surface area (Å²) in [7, 11) is 1.39. The molecule has 1 aromatic carbocycles. The van der Waals surface area contributed by atoms with Crippen LogP contribution in [0.4, 0.5) is 0 Å². The highest BCUT2D eigenvalue weighted by atomic mass is 79.9. The lowest BCUT2D eigenvalue weighted by atomic mass is 10.1. The van der Waals surface area contributed by atoms with Crippen molar-refractivity contribution in [1.29, 1.82) is 0 Å². The fraction of sp³-hybridized carbons (Fsp3) is 0.182. The van der Waals surface area contributed by atoms with E-state index in [1.54, 1.807) is 6.07 Å². The molecule has 15 heavy (non-hydrogen) atoms. The molecule has 0 atom stereocenters. The van der Waals surface area contributed by atoms with Gasteiger partial charge in [0.05, 0.1) is 12.7 Å². The number of benzene rings is 1. The van der Waals surface area contributed by atoms with Crippen molar-refractivity contribution in [2.45, 2.75) is 6.92 Å². The first-order valence-corrected chi connectivity index (χ1v) is 5.28. The molecule has 0 radical (unpaired) electrons. The number of carbonyl (C=O) groups is 1. The van der Waals surface area contributed by atoms with Crippen LogP contribution in [0.5, 0.6) is 0 Å². The van der Waals surface area contributed by atoms with Gasteiger partial charge in [0.2, 0.25) is 0 Å². The first-order valence-electron chi connectivity index (χ1n) is 4.49. The van der Waals surface area contributed by atoms with Gasteiger partial charge >= 0.3 is 5.97 Å². The lowest BCUT2D eigenvalue weighted by molar-refractivity contribution is 0.0603. The van der Waals surface area contributed by atoms with Crippen LogP contribution >= 0.6 is 15.9 Å². The molecule has 0 aliphatic rings. The van der Waals surface area contributed by atoms with Gasteiger partial charge in [-0.05, 0) is 24.6 Å². The van der Waals surface area contributed by atoms with Crippen molar-refractivity contribution in [2.24, 2.45) is 0 Å². The molecule has 4 heteroatoms. The quantitative estimate of drug-likeness (QED) is 0.808. The zero-order chi connectivity index (χ0) is 11.0. The molecule has 0 unspecified atom stereocenters. The van der Waals surface area contributed by atoms with Crippen molar-refractivity contribution in [1.82, 2.24) is 4.98 Å². The number of methoxy groups -OCH3 is 1. The molecule has 1 aromatic heterocycles. The third-order valence-corrected chi connectivity index (χ3v) is 2.80. The number of aromatic amines is 1. The summed E-state index contributed by atoms with van der Waals surface area (Å²) in [6.45, 7) is 1.96. The molecule has 0 amide bonds. The van der Waals surface area contributed by atoms with Crippen LogP contribution in [0.3, 0.4) is 0 Å². The van der Waals surface area contributed by atoms with E-state index in [4.69, 9.17) is 4.74 Å². The number of rotatable bonds is 1. The van der Waals surface area contributed by atoms with Gasteiger partial charge in [-0.15, -0.1) is 0 Å². The fourth-order valence-electron chi connectivity index (χ4n) is 1.67. The number of carbonyl (C=O) groups excluding carboxylic acids is 1. The van der Waals surface area contributed by atoms with Gasteiger partial charge in [-0.3, -0.25) is 0 Å².